The fraction of sp³-hybridized carbons (Fsp3) is 0.0952. The van der Waals surface area contributed by atoms with Gasteiger partial charge in [-0.25, -0.2) is 0 Å². The van der Waals surface area contributed by atoms with E-state index in [1.165, 1.54) is 0 Å². The molecule has 0 saturated carbocycles. The van der Waals surface area contributed by atoms with Gasteiger partial charge in [0, 0.05) is 15.4 Å². The quantitative estimate of drug-likeness (QED) is 0.546. The molecule has 0 spiro atoms. The van der Waals surface area contributed by atoms with Crippen molar-refractivity contribution in [1.82, 2.24) is 0 Å². The summed E-state index contributed by atoms with van der Waals surface area (Å²) in [7, 11) is -7.70. The average molecular weight is 419 g/mol. The number of aryl methyl sites for hydroxylation is 1. The number of Topliss-reactive ketones (excluding diaryl/α,β-unsaturated/α-hetero) is 1. The number of carbonyl (C=O) groups excluding carboxylic acids is 1. The molecular formula is C21H19ClO5S. The zero-order chi connectivity index (χ0) is 20.2. The van der Waals surface area contributed by atoms with Gasteiger partial charge in [-0.15, -0.1) is 0 Å². The number of hydrogen-bond acceptors (Lipinski definition) is 5. The maximum atomic E-state index is 13.0. The number of rotatable bonds is 7. The normalized spacial score (nSPS) is 12.6. The topological polar surface area (TPSA) is 95.5 Å². The van der Waals surface area contributed by atoms with E-state index in [2.05, 4.69) is 0 Å². The zero-order valence-corrected chi connectivity index (χ0v) is 16.7. The lowest BCUT2D eigenvalue weighted by Crippen LogP contribution is -2.61. The van der Waals surface area contributed by atoms with Gasteiger partial charge in [0.1, 0.15) is 3.74 Å². The lowest BCUT2D eigenvalue weighted by atomic mass is 10.1. The molecule has 28 heavy (non-hydrogen) atoms. The molecule has 0 aromatic heterocycles. The van der Waals surface area contributed by atoms with Gasteiger partial charge in [0.15, 0.2) is 5.78 Å². The number of ketones is 1. The van der Waals surface area contributed by atoms with Crippen molar-refractivity contribution in [3.63, 3.8) is 0 Å². The van der Waals surface area contributed by atoms with Crippen LogP contribution in [0.25, 0.3) is 0 Å². The summed E-state index contributed by atoms with van der Waals surface area (Å²) >= 11 is 0. The van der Waals surface area contributed by atoms with Crippen LogP contribution in [0, 0.1) is 17.2 Å². The van der Waals surface area contributed by atoms with Crippen molar-refractivity contribution in [3.8, 4) is 0 Å². The first-order chi connectivity index (χ1) is 13.3. The minimum absolute atomic E-state index is 0.265. The average Bonchev–Trinajstić information content (AvgIpc) is 2.68. The number of hydrogen-bond donors (Lipinski definition) is 0. The Balaban J connectivity index is 2.14. The summed E-state index contributed by atoms with van der Waals surface area (Å²) in [6, 6.07) is 24.1. The highest BCUT2D eigenvalue weighted by Gasteiger charge is 2.46. The van der Waals surface area contributed by atoms with E-state index in [0.29, 0.717) is 15.4 Å². The summed E-state index contributed by atoms with van der Waals surface area (Å²) in [5, 5.41) is 0. The fourth-order valence-electron chi connectivity index (χ4n) is 2.82. The molecule has 3 aromatic rings. The van der Waals surface area contributed by atoms with Crippen LogP contribution in [-0.2, 0) is 3.74 Å². The summed E-state index contributed by atoms with van der Waals surface area (Å²) in [5.74, 6) is -0.569. The first-order valence-electron chi connectivity index (χ1n) is 8.43. The van der Waals surface area contributed by atoms with Gasteiger partial charge in [0.25, 0.3) is 0 Å². The number of carbonyl (C=O) groups is 1. The minimum atomic E-state index is -4.77. The Morgan fingerprint density at radius 2 is 1.29 bits per heavy atom. The van der Waals surface area contributed by atoms with Crippen molar-refractivity contribution in [2.75, 3.05) is 5.75 Å². The van der Waals surface area contributed by atoms with Crippen molar-refractivity contribution in [2.24, 2.45) is 0 Å². The molecule has 0 N–H and O–H groups in total. The third kappa shape index (κ3) is 4.80. The third-order valence-electron chi connectivity index (χ3n) is 4.14. The molecule has 0 fully saturated rings. The summed E-state index contributed by atoms with van der Waals surface area (Å²) < 4.78 is 40.1. The Bertz CT molecular complexity index is 885. The highest BCUT2D eigenvalue weighted by molar-refractivity contribution is 8.30. The molecule has 0 bridgehead atoms. The number of halogens is 1. The Labute approximate surface area is 167 Å². The Hall–Kier alpha value is -2.19. The summed E-state index contributed by atoms with van der Waals surface area (Å²) in [6.45, 7) is 1.91. The molecule has 3 aromatic carbocycles. The third-order valence-corrected chi connectivity index (χ3v) is 8.35. The lowest BCUT2D eigenvalue weighted by Gasteiger charge is -2.34. The van der Waals surface area contributed by atoms with Gasteiger partial charge in [-0.05, 0) is 31.2 Å². The summed E-state index contributed by atoms with van der Waals surface area (Å²) in [5.41, 5.74) is 1.43. The molecule has 0 radical (unpaired) electrons. The maximum Gasteiger partial charge on any atom is 0.174 e. The van der Waals surface area contributed by atoms with Crippen LogP contribution in [0.3, 0.4) is 0 Å². The Morgan fingerprint density at radius 3 is 1.71 bits per heavy atom. The van der Waals surface area contributed by atoms with Gasteiger partial charge < -0.3 is 0 Å². The fourth-order valence-corrected chi connectivity index (χ4v) is 6.97. The van der Waals surface area contributed by atoms with E-state index in [1.54, 1.807) is 84.9 Å². The highest BCUT2D eigenvalue weighted by atomic mass is 35.7. The van der Waals surface area contributed by atoms with Gasteiger partial charge in [0.05, 0.1) is 26.3 Å². The van der Waals surface area contributed by atoms with Crippen LogP contribution in [-0.4, -0.2) is 11.5 Å². The monoisotopic (exact) mass is 418 g/mol. The molecule has 0 aliphatic rings. The van der Waals surface area contributed by atoms with Crippen LogP contribution in [0.2, 0.25) is 0 Å². The molecule has 0 atom stereocenters. The second kappa shape index (κ2) is 8.45. The zero-order valence-electron chi connectivity index (χ0n) is 15.1. The SMILES string of the molecule is Cc1ccc(C(=O)CS(O[Cl+3]([O-])([O-])[O-])(c2ccccc2)c2ccccc2)cc1. The van der Waals surface area contributed by atoms with Gasteiger partial charge in [-0.2, -0.15) is 14.0 Å². The van der Waals surface area contributed by atoms with E-state index < -0.39 is 20.6 Å². The van der Waals surface area contributed by atoms with E-state index in [4.69, 9.17) is 3.74 Å². The molecule has 0 amide bonds. The largest absolute Gasteiger partial charge is 0.293 e. The van der Waals surface area contributed by atoms with Crippen molar-refractivity contribution < 1.29 is 32.8 Å². The van der Waals surface area contributed by atoms with Gasteiger partial charge in [-0.3, -0.25) is 4.79 Å². The van der Waals surface area contributed by atoms with Gasteiger partial charge in [0.2, 0.25) is 0 Å². The van der Waals surface area contributed by atoms with E-state index in [-0.39, 0.29) is 11.5 Å². The Kier molecular flexibility index (Phi) is 6.20. The minimum Gasteiger partial charge on any atom is -0.293 e. The summed E-state index contributed by atoms with van der Waals surface area (Å²) in [6.07, 6.45) is 0. The van der Waals surface area contributed by atoms with Gasteiger partial charge in [-0.1, -0.05) is 66.2 Å². The second-order valence-electron chi connectivity index (χ2n) is 6.18. The first kappa shape index (κ1) is 20.5. The molecule has 0 heterocycles. The lowest BCUT2D eigenvalue weighted by molar-refractivity contribution is -1.91. The molecule has 0 aliphatic heterocycles. The number of benzene rings is 3. The van der Waals surface area contributed by atoms with E-state index in [0.717, 1.165) is 5.56 Å². The molecule has 0 aliphatic carbocycles. The molecule has 5 nitrogen and oxygen atoms in total. The standard InChI is InChI=1S/C21H19ClO5S/c1-17-12-14-18(15-13-17)21(23)16-28(27-22(24,25)26,19-8-4-2-5-9-19)20-10-6-3-7-11-20/h2-15H,16H2,1H3. The van der Waals surface area contributed by atoms with Crippen LogP contribution in [0.15, 0.2) is 94.7 Å². The summed E-state index contributed by atoms with van der Waals surface area (Å²) in [4.78, 5) is 14.0. The Morgan fingerprint density at radius 1 is 0.821 bits per heavy atom. The van der Waals surface area contributed by atoms with Crippen LogP contribution in [0.5, 0.6) is 0 Å². The van der Waals surface area contributed by atoms with E-state index in [1.807, 2.05) is 6.92 Å². The molecule has 0 unspecified atom stereocenters. The van der Waals surface area contributed by atoms with Crippen molar-refractivity contribution >= 4 is 16.1 Å². The van der Waals surface area contributed by atoms with Crippen molar-refractivity contribution in [1.29, 1.82) is 0 Å². The van der Waals surface area contributed by atoms with Crippen LogP contribution in [0.4, 0.5) is 0 Å². The van der Waals surface area contributed by atoms with E-state index in [9.17, 15) is 18.8 Å². The van der Waals surface area contributed by atoms with Crippen LogP contribution >= 0.6 is 10.3 Å². The molecule has 7 heteroatoms. The first-order valence-corrected chi connectivity index (χ1v) is 11.4. The smallest absolute Gasteiger partial charge is 0.174 e. The predicted octanol–water partition coefficient (Wildman–Crippen LogP) is 1.93. The van der Waals surface area contributed by atoms with E-state index >= 15 is 0 Å². The molecule has 146 valence electrons. The van der Waals surface area contributed by atoms with Crippen LogP contribution in [0.1, 0.15) is 15.9 Å². The van der Waals surface area contributed by atoms with Crippen LogP contribution < -0.4 is 14.0 Å². The predicted molar refractivity (Wildman–Crippen MR) is 98.5 cm³/mol. The molecular weight excluding hydrogens is 400 g/mol. The molecule has 3 rings (SSSR count). The highest BCUT2D eigenvalue weighted by Crippen LogP contribution is 2.64. The second-order valence-corrected chi connectivity index (χ2v) is 10.0. The van der Waals surface area contributed by atoms with Crippen molar-refractivity contribution in [2.45, 2.75) is 16.7 Å². The van der Waals surface area contributed by atoms with Crippen molar-refractivity contribution in [3.05, 3.63) is 96.1 Å². The maximum absolute atomic E-state index is 13.0. The molecule has 0 saturated heterocycles. The van der Waals surface area contributed by atoms with Gasteiger partial charge >= 0.3 is 0 Å².